The van der Waals surface area contributed by atoms with Gasteiger partial charge in [-0.2, -0.15) is 0 Å². The first-order valence-corrected chi connectivity index (χ1v) is 2.94. The van der Waals surface area contributed by atoms with Gasteiger partial charge in [0.15, 0.2) is 0 Å². The molecule has 0 aromatic heterocycles. The van der Waals surface area contributed by atoms with Crippen molar-refractivity contribution in [3.63, 3.8) is 0 Å². The monoisotopic (exact) mass is 138 g/mol. The van der Waals surface area contributed by atoms with Crippen molar-refractivity contribution >= 4 is 23.2 Å². The molecule has 0 saturated carbocycles. The van der Waals surface area contributed by atoms with Crippen molar-refractivity contribution < 1.29 is 0 Å². The first kappa shape index (κ1) is 7.32. The van der Waals surface area contributed by atoms with Crippen molar-refractivity contribution in [2.45, 2.75) is 20.3 Å². The lowest BCUT2D eigenvalue weighted by Gasteiger charge is -1.89. The van der Waals surface area contributed by atoms with Gasteiger partial charge in [0.2, 0.25) is 0 Å². The minimum Gasteiger partial charge on any atom is -0.0710 e. The predicted molar refractivity (Wildman–Crippen MR) is 34.7 cm³/mol. The Morgan fingerprint density at radius 1 is 1.43 bits per heavy atom. The average Bonchev–Trinajstić information content (AvgIpc) is 1.65. The second-order valence-corrected chi connectivity index (χ2v) is 2.34. The minimum absolute atomic E-state index is 0.405. The van der Waals surface area contributed by atoms with Crippen molar-refractivity contribution in [1.29, 1.82) is 0 Å². The minimum atomic E-state index is 0.405. The summed E-state index contributed by atoms with van der Waals surface area (Å²) in [6.45, 7) is 3.93. The molecule has 0 fully saturated rings. The summed E-state index contributed by atoms with van der Waals surface area (Å²) in [6.07, 6.45) is 0.933. The van der Waals surface area contributed by atoms with Gasteiger partial charge in [0.1, 0.15) is 4.49 Å². The summed E-state index contributed by atoms with van der Waals surface area (Å²) < 4.78 is 0.405. The van der Waals surface area contributed by atoms with Crippen molar-refractivity contribution in [2.24, 2.45) is 0 Å². The van der Waals surface area contributed by atoms with Gasteiger partial charge in [-0.3, -0.25) is 0 Å². The fourth-order valence-corrected chi connectivity index (χ4v) is 0.401. The molecular formula is C5H8Cl2. The second kappa shape index (κ2) is 3.34. The van der Waals surface area contributed by atoms with Crippen LogP contribution in [0.2, 0.25) is 0 Å². The summed E-state index contributed by atoms with van der Waals surface area (Å²) in [5.74, 6) is 0. The molecule has 0 saturated heterocycles. The van der Waals surface area contributed by atoms with E-state index in [2.05, 4.69) is 0 Å². The summed E-state index contributed by atoms with van der Waals surface area (Å²) >= 11 is 10.7. The van der Waals surface area contributed by atoms with E-state index in [4.69, 9.17) is 23.2 Å². The summed E-state index contributed by atoms with van der Waals surface area (Å²) in [5.41, 5.74) is 1.04. The number of halogens is 2. The molecule has 0 bridgehead atoms. The standard InChI is InChI=1S/C5H8Cl2/c1-3-4(2)5(6)7/h3H2,1-2H3. The van der Waals surface area contributed by atoms with Crippen LogP contribution < -0.4 is 0 Å². The molecule has 0 radical (unpaired) electrons. The van der Waals surface area contributed by atoms with Gasteiger partial charge in [-0.05, 0) is 18.9 Å². The van der Waals surface area contributed by atoms with Crippen LogP contribution in [-0.4, -0.2) is 0 Å². The van der Waals surface area contributed by atoms with Crippen LogP contribution in [0.1, 0.15) is 20.3 Å². The largest absolute Gasteiger partial charge is 0.105 e. The van der Waals surface area contributed by atoms with E-state index >= 15 is 0 Å². The molecular weight excluding hydrogens is 131 g/mol. The van der Waals surface area contributed by atoms with E-state index in [1.807, 2.05) is 13.8 Å². The Morgan fingerprint density at radius 3 is 1.86 bits per heavy atom. The molecule has 0 N–H and O–H groups in total. The zero-order chi connectivity index (χ0) is 5.86. The third kappa shape index (κ3) is 2.95. The molecule has 0 aromatic rings. The molecule has 0 unspecified atom stereocenters. The SMILES string of the molecule is CCC(C)=C(Cl)Cl. The average molecular weight is 139 g/mol. The van der Waals surface area contributed by atoms with Crippen molar-refractivity contribution in [3.05, 3.63) is 10.1 Å². The Bertz CT molecular complexity index is 80.1. The highest BCUT2D eigenvalue weighted by atomic mass is 35.5. The van der Waals surface area contributed by atoms with Gasteiger partial charge in [0.05, 0.1) is 0 Å². The molecule has 0 amide bonds. The van der Waals surface area contributed by atoms with E-state index in [9.17, 15) is 0 Å². The smallest absolute Gasteiger partial charge is 0.0710 e. The van der Waals surface area contributed by atoms with Gasteiger partial charge in [0.25, 0.3) is 0 Å². The molecule has 0 aromatic carbocycles. The molecule has 0 aliphatic carbocycles. The molecule has 0 aliphatic rings. The van der Waals surface area contributed by atoms with Gasteiger partial charge in [0, 0.05) is 0 Å². The van der Waals surface area contributed by atoms with E-state index in [0.717, 1.165) is 12.0 Å². The predicted octanol–water partition coefficient (Wildman–Crippen LogP) is 3.11. The van der Waals surface area contributed by atoms with E-state index in [1.165, 1.54) is 0 Å². The first-order chi connectivity index (χ1) is 3.18. The van der Waals surface area contributed by atoms with E-state index in [0.29, 0.717) is 4.49 Å². The fraction of sp³-hybridized carbons (Fsp3) is 0.600. The maximum Gasteiger partial charge on any atom is 0.105 e. The zero-order valence-corrected chi connectivity index (χ0v) is 5.97. The van der Waals surface area contributed by atoms with Crippen LogP contribution in [0.25, 0.3) is 0 Å². The summed E-state index contributed by atoms with van der Waals surface area (Å²) in [5, 5.41) is 0. The first-order valence-electron chi connectivity index (χ1n) is 2.19. The fourth-order valence-electron chi connectivity index (χ4n) is 0.134. The van der Waals surface area contributed by atoms with Crippen LogP contribution in [0.3, 0.4) is 0 Å². The van der Waals surface area contributed by atoms with Gasteiger partial charge < -0.3 is 0 Å². The lowest BCUT2D eigenvalue weighted by molar-refractivity contribution is 1.10. The van der Waals surface area contributed by atoms with Crippen molar-refractivity contribution in [2.75, 3.05) is 0 Å². The van der Waals surface area contributed by atoms with Crippen molar-refractivity contribution in [3.8, 4) is 0 Å². The maximum atomic E-state index is 5.37. The van der Waals surface area contributed by atoms with E-state index < -0.39 is 0 Å². The molecule has 42 valence electrons. The number of hydrogen-bond donors (Lipinski definition) is 0. The van der Waals surface area contributed by atoms with Crippen LogP contribution in [0.4, 0.5) is 0 Å². The Kier molecular flexibility index (Phi) is 3.49. The topological polar surface area (TPSA) is 0 Å². The van der Waals surface area contributed by atoms with Crippen LogP contribution >= 0.6 is 23.2 Å². The number of allylic oxidation sites excluding steroid dienone is 1. The highest BCUT2D eigenvalue weighted by Gasteiger charge is 1.88. The maximum absolute atomic E-state index is 5.37. The molecule has 0 aliphatic heterocycles. The van der Waals surface area contributed by atoms with Crippen LogP contribution in [0, 0.1) is 0 Å². The summed E-state index contributed by atoms with van der Waals surface area (Å²) in [7, 11) is 0. The molecule has 7 heavy (non-hydrogen) atoms. The Hall–Kier alpha value is 0.320. The molecule has 0 atom stereocenters. The number of hydrogen-bond acceptors (Lipinski definition) is 0. The third-order valence-corrected chi connectivity index (χ3v) is 1.50. The molecule has 2 heteroatoms. The lowest BCUT2D eigenvalue weighted by Crippen LogP contribution is -1.68. The summed E-state index contributed by atoms with van der Waals surface area (Å²) in [6, 6.07) is 0. The molecule has 0 spiro atoms. The highest BCUT2D eigenvalue weighted by molar-refractivity contribution is 6.56. The Balaban J connectivity index is 3.72. The molecule has 0 rings (SSSR count). The quantitative estimate of drug-likeness (QED) is 0.523. The Labute approximate surface area is 54.1 Å². The van der Waals surface area contributed by atoms with E-state index in [-0.39, 0.29) is 0 Å². The van der Waals surface area contributed by atoms with E-state index in [1.54, 1.807) is 0 Å². The third-order valence-electron chi connectivity index (χ3n) is 0.853. The van der Waals surface area contributed by atoms with Crippen LogP contribution in [-0.2, 0) is 0 Å². The highest BCUT2D eigenvalue weighted by Crippen LogP contribution is 2.15. The van der Waals surface area contributed by atoms with Gasteiger partial charge >= 0.3 is 0 Å². The van der Waals surface area contributed by atoms with Gasteiger partial charge in [-0.25, -0.2) is 0 Å². The summed E-state index contributed by atoms with van der Waals surface area (Å²) in [4.78, 5) is 0. The van der Waals surface area contributed by atoms with Crippen LogP contribution in [0.15, 0.2) is 10.1 Å². The van der Waals surface area contributed by atoms with Gasteiger partial charge in [-0.1, -0.05) is 30.1 Å². The van der Waals surface area contributed by atoms with Crippen molar-refractivity contribution in [1.82, 2.24) is 0 Å². The van der Waals surface area contributed by atoms with Crippen LogP contribution in [0.5, 0.6) is 0 Å². The number of rotatable bonds is 1. The molecule has 0 heterocycles. The lowest BCUT2D eigenvalue weighted by atomic mass is 10.3. The second-order valence-electron chi connectivity index (χ2n) is 1.39. The van der Waals surface area contributed by atoms with Gasteiger partial charge in [-0.15, -0.1) is 0 Å². The zero-order valence-electron chi connectivity index (χ0n) is 4.46. The Morgan fingerprint density at radius 2 is 1.86 bits per heavy atom. The molecule has 0 nitrogen and oxygen atoms in total. The normalized spacial score (nSPS) is 8.57.